The maximum atomic E-state index is 12.3. The van der Waals surface area contributed by atoms with Gasteiger partial charge in [0.25, 0.3) is 0 Å². The van der Waals surface area contributed by atoms with E-state index < -0.39 is 0 Å². The molecule has 4 heteroatoms. The monoisotopic (exact) mass is 284 g/mol. The molecule has 1 atom stereocenters. The smallest absolute Gasteiger partial charge is 0.341 e. The summed E-state index contributed by atoms with van der Waals surface area (Å²) in [4.78, 5) is 15.7. The summed E-state index contributed by atoms with van der Waals surface area (Å²) in [7, 11) is 0. The fraction of sp³-hybridized carbons (Fsp3) is 0.353. The number of benzene rings is 1. The Morgan fingerprint density at radius 2 is 2.19 bits per heavy atom. The first-order valence-electron chi connectivity index (χ1n) is 7.44. The second-order valence-corrected chi connectivity index (χ2v) is 5.49. The fourth-order valence-corrected chi connectivity index (χ4v) is 2.74. The molecule has 1 aliphatic rings. The number of hydrogen-bond acceptors (Lipinski definition) is 3. The molecular formula is C17H20N2O2. The first-order chi connectivity index (χ1) is 10.2. The van der Waals surface area contributed by atoms with Crippen LogP contribution in [0.1, 0.15) is 31.5 Å². The average molecular weight is 284 g/mol. The van der Waals surface area contributed by atoms with E-state index in [1.54, 1.807) is 6.20 Å². The number of carbonyl (C=O) groups excluding carboxylic acids is 1. The molecule has 1 aromatic heterocycles. The minimum atomic E-state index is -0.272. The second-order valence-electron chi connectivity index (χ2n) is 5.49. The van der Waals surface area contributed by atoms with E-state index >= 15 is 0 Å². The number of carbonyl (C=O) groups is 1. The third kappa shape index (κ3) is 2.53. The quantitative estimate of drug-likeness (QED) is 0.852. The van der Waals surface area contributed by atoms with Gasteiger partial charge in [-0.1, -0.05) is 25.1 Å². The van der Waals surface area contributed by atoms with Crippen LogP contribution in [0.15, 0.2) is 30.5 Å². The van der Waals surface area contributed by atoms with Crippen LogP contribution in [-0.4, -0.2) is 23.6 Å². The topological polar surface area (TPSA) is 54.1 Å². The van der Waals surface area contributed by atoms with Gasteiger partial charge in [0.05, 0.1) is 17.9 Å². The molecule has 0 bridgehead atoms. The van der Waals surface area contributed by atoms with Gasteiger partial charge in [0.1, 0.15) is 0 Å². The molecule has 110 valence electrons. The largest absolute Gasteiger partial charge is 0.462 e. The zero-order valence-corrected chi connectivity index (χ0v) is 12.4. The van der Waals surface area contributed by atoms with Gasteiger partial charge in [0.15, 0.2) is 0 Å². The fourth-order valence-electron chi connectivity index (χ4n) is 2.74. The Morgan fingerprint density at radius 3 is 3.00 bits per heavy atom. The van der Waals surface area contributed by atoms with Gasteiger partial charge < -0.3 is 15.0 Å². The van der Waals surface area contributed by atoms with E-state index in [4.69, 9.17) is 4.74 Å². The molecule has 0 saturated carbocycles. The maximum absolute atomic E-state index is 12.3. The number of ether oxygens (including phenoxy) is 1. The lowest BCUT2D eigenvalue weighted by molar-refractivity contribution is -0.136. The molecule has 0 aliphatic carbocycles. The van der Waals surface area contributed by atoms with Crippen molar-refractivity contribution in [2.75, 3.05) is 6.61 Å². The lowest BCUT2D eigenvalue weighted by Crippen LogP contribution is -2.21. The number of rotatable bonds is 3. The van der Waals surface area contributed by atoms with Crippen LogP contribution in [-0.2, 0) is 16.0 Å². The molecule has 4 nitrogen and oxygen atoms in total. The number of fused-ring (bicyclic) bond motifs is 3. The molecule has 0 saturated heterocycles. The molecule has 1 aromatic carbocycles. The van der Waals surface area contributed by atoms with Crippen LogP contribution in [0, 0.1) is 0 Å². The molecule has 1 unspecified atom stereocenters. The zero-order valence-electron chi connectivity index (χ0n) is 12.4. The van der Waals surface area contributed by atoms with Crippen LogP contribution in [0.4, 0.5) is 0 Å². The van der Waals surface area contributed by atoms with Crippen LogP contribution in [0.25, 0.3) is 16.5 Å². The molecule has 2 N–H and O–H groups in total. The van der Waals surface area contributed by atoms with Crippen molar-refractivity contribution >= 4 is 22.4 Å². The number of nitrogens with one attached hydrogen (secondary N) is 2. The first kappa shape index (κ1) is 13.7. The van der Waals surface area contributed by atoms with Crippen molar-refractivity contribution < 1.29 is 9.53 Å². The van der Waals surface area contributed by atoms with Crippen LogP contribution >= 0.6 is 0 Å². The van der Waals surface area contributed by atoms with Gasteiger partial charge in [0.2, 0.25) is 0 Å². The molecule has 0 radical (unpaired) electrons. The molecule has 2 heterocycles. The Hall–Kier alpha value is -2.23. The molecule has 0 amide bonds. The van der Waals surface area contributed by atoms with Crippen molar-refractivity contribution in [1.29, 1.82) is 0 Å². The normalized spacial score (nSPS) is 17.6. The first-order valence-corrected chi connectivity index (χ1v) is 7.44. The summed E-state index contributed by atoms with van der Waals surface area (Å²) in [6.45, 7) is 4.55. The predicted molar refractivity (Wildman–Crippen MR) is 83.8 cm³/mol. The highest BCUT2D eigenvalue weighted by Gasteiger charge is 2.24. The highest BCUT2D eigenvalue weighted by atomic mass is 16.5. The van der Waals surface area contributed by atoms with Crippen molar-refractivity contribution in [2.45, 2.75) is 32.7 Å². The average Bonchev–Trinajstić information content (AvgIpc) is 2.75. The summed E-state index contributed by atoms with van der Waals surface area (Å²) in [5.41, 5.74) is 3.71. The summed E-state index contributed by atoms with van der Waals surface area (Å²) in [6, 6.07) is 8.44. The summed E-state index contributed by atoms with van der Waals surface area (Å²) in [6.07, 6.45) is 3.48. The molecule has 1 aliphatic heterocycles. The summed E-state index contributed by atoms with van der Waals surface area (Å²) < 4.78 is 5.31. The molecule has 2 aromatic rings. The van der Waals surface area contributed by atoms with Crippen LogP contribution in [0.5, 0.6) is 0 Å². The van der Waals surface area contributed by atoms with Crippen LogP contribution < -0.4 is 5.32 Å². The summed E-state index contributed by atoms with van der Waals surface area (Å²) in [5.74, 6) is -0.272. The van der Waals surface area contributed by atoms with Gasteiger partial charge in [-0.2, -0.15) is 0 Å². The maximum Gasteiger partial charge on any atom is 0.341 e. The number of aromatic amines is 1. The SMILES string of the molecule is CCCOC(=O)C1=CNC(C)Cc2c1[nH]c1ccccc21. The van der Waals surface area contributed by atoms with Crippen molar-refractivity contribution in [3.63, 3.8) is 0 Å². The Morgan fingerprint density at radius 1 is 1.38 bits per heavy atom. The van der Waals surface area contributed by atoms with Gasteiger partial charge in [0, 0.05) is 23.1 Å². The van der Waals surface area contributed by atoms with E-state index in [1.807, 2.05) is 25.1 Å². The van der Waals surface area contributed by atoms with Crippen molar-refractivity contribution in [2.24, 2.45) is 0 Å². The second kappa shape index (κ2) is 5.64. The van der Waals surface area contributed by atoms with E-state index in [9.17, 15) is 4.79 Å². The number of hydrogen-bond donors (Lipinski definition) is 2. The molecule has 0 fully saturated rings. The van der Waals surface area contributed by atoms with Gasteiger partial charge >= 0.3 is 5.97 Å². The number of esters is 1. The van der Waals surface area contributed by atoms with Gasteiger partial charge in [-0.25, -0.2) is 4.79 Å². The molecular weight excluding hydrogens is 264 g/mol. The molecule has 3 rings (SSSR count). The standard InChI is InChI=1S/C17H20N2O2/c1-3-8-21-17(20)14-10-18-11(2)9-13-12-6-4-5-7-15(12)19-16(13)14/h4-7,10-11,18-19H,3,8-9H2,1-2H3. The van der Waals surface area contributed by atoms with Gasteiger partial charge in [-0.3, -0.25) is 0 Å². The van der Waals surface area contributed by atoms with Crippen LogP contribution in [0.2, 0.25) is 0 Å². The Labute approximate surface area is 124 Å². The highest BCUT2D eigenvalue weighted by Crippen LogP contribution is 2.30. The third-order valence-corrected chi connectivity index (χ3v) is 3.76. The molecule has 21 heavy (non-hydrogen) atoms. The van der Waals surface area contributed by atoms with Gasteiger partial charge in [-0.05, 0) is 31.4 Å². The van der Waals surface area contributed by atoms with Gasteiger partial charge in [-0.15, -0.1) is 0 Å². The Balaban J connectivity index is 2.08. The summed E-state index contributed by atoms with van der Waals surface area (Å²) in [5, 5.41) is 4.44. The van der Waals surface area contributed by atoms with Crippen molar-refractivity contribution in [3.8, 4) is 0 Å². The number of H-pyrrole nitrogens is 1. The summed E-state index contributed by atoms with van der Waals surface area (Å²) >= 11 is 0. The zero-order chi connectivity index (χ0) is 14.8. The Kier molecular flexibility index (Phi) is 3.69. The number of para-hydroxylation sites is 1. The van der Waals surface area contributed by atoms with E-state index in [0.717, 1.165) is 24.1 Å². The van der Waals surface area contributed by atoms with Crippen molar-refractivity contribution in [3.05, 3.63) is 41.7 Å². The van der Waals surface area contributed by atoms with E-state index in [0.29, 0.717) is 12.2 Å². The van der Waals surface area contributed by atoms with E-state index in [-0.39, 0.29) is 12.0 Å². The predicted octanol–water partition coefficient (Wildman–Crippen LogP) is 3.00. The Bertz CT molecular complexity index is 700. The highest BCUT2D eigenvalue weighted by molar-refractivity contribution is 6.17. The van der Waals surface area contributed by atoms with E-state index in [1.165, 1.54) is 10.9 Å². The van der Waals surface area contributed by atoms with Crippen LogP contribution in [0.3, 0.4) is 0 Å². The lowest BCUT2D eigenvalue weighted by atomic mass is 10.0. The molecule has 0 spiro atoms. The van der Waals surface area contributed by atoms with E-state index in [2.05, 4.69) is 23.3 Å². The lowest BCUT2D eigenvalue weighted by Gasteiger charge is -2.08. The minimum absolute atomic E-state index is 0.272. The number of aromatic nitrogens is 1. The third-order valence-electron chi connectivity index (χ3n) is 3.76. The minimum Gasteiger partial charge on any atom is -0.462 e. The van der Waals surface area contributed by atoms with Crippen molar-refractivity contribution in [1.82, 2.24) is 10.3 Å².